The summed E-state index contributed by atoms with van der Waals surface area (Å²) < 4.78 is 0. The number of aliphatic hydroxyl groups excluding tert-OH is 1. The van der Waals surface area contributed by atoms with Gasteiger partial charge in [0.2, 0.25) is 59.1 Å². The van der Waals surface area contributed by atoms with E-state index in [1.54, 1.807) is 13.8 Å². The summed E-state index contributed by atoms with van der Waals surface area (Å²) in [6, 6.07) is -13.6. The van der Waals surface area contributed by atoms with Crippen molar-refractivity contribution in [2.24, 2.45) is 17.4 Å². The van der Waals surface area contributed by atoms with Gasteiger partial charge in [-0.05, 0) is 64.2 Å². The van der Waals surface area contributed by atoms with Crippen molar-refractivity contribution in [2.75, 3.05) is 13.1 Å². The summed E-state index contributed by atoms with van der Waals surface area (Å²) in [5.41, 5.74) is 11.5. The highest BCUT2D eigenvalue weighted by atomic mass is 16.4. The van der Waals surface area contributed by atoms with E-state index in [1.807, 2.05) is 0 Å². The van der Waals surface area contributed by atoms with Gasteiger partial charge in [0.15, 0.2) is 0 Å². The Morgan fingerprint density at radius 2 is 1.00 bits per heavy atom. The van der Waals surface area contributed by atoms with Crippen molar-refractivity contribution in [1.29, 1.82) is 0 Å². The summed E-state index contributed by atoms with van der Waals surface area (Å²) in [6.07, 6.45) is -7.43. The zero-order valence-electron chi connectivity index (χ0n) is 40.0. The summed E-state index contributed by atoms with van der Waals surface area (Å²) in [5.74, 6) is -17.4. The zero-order chi connectivity index (χ0) is 54.8. The second kappa shape index (κ2) is 31.7. The predicted molar refractivity (Wildman–Crippen MR) is 244 cm³/mol. The number of carbonyl (C=O) groups excluding carboxylic acids is 10. The standard InChI is InChI=1S/C42H67N11O19/c1-19(2)16-26-40(70)52-27(17-33(63)64)41(71)50-24(9-13-31(59)60)38(68)49-25(10-14-32(61)62)39(69)53-34(20(3)54)42(72)46-18-29(56)47-23(8-12-30(57)58)37(67)48-22(35(44)65)7-11-28(55)45-15-5-4-6-21(43)36(66)51-26/h19-27,34,54H,4-18,43H2,1-3H3,(H2,44,65)(H,45,55)(H,46,72)(H,47,56)(H,48,67)(H,49,68)(H,50,71)(H,51,66)(H,52,70)(H,53,69)(H,57,58)(H,59,60)(H,61,62)(H,63,64)/t20-,21+,22+,23+,24+,25+,26+,27+,34+/m1/s1. The number of carboxylic acids is 4. The Morgan fingerprint density at radius 3 is 1.49 bits per heavy atom. The summed E-state index contributed by atoms with van der Waals surface area (Å²) in [5, 5.41) is 68.3. The third-order valence-corrected chi connectivity index (χ3v) is 10.6. The Bertz CT molecular complexity index is 2000. The number of aliphatic hydroxyl groups is 1. The average Bonchev–Trinajstić information content (AvgIpc) is 3.27. The second-order valence-electron chi connectivity index (χ2n) is 17.3. The number of hydrogen-bond donors (Lipinski definition) is 16. The van der Waals surface area contributed by atoms with Crippen LogP contribution in [0.3, 0.4) is 0 Å². The molecule has 1 fully saturated rings. The molecular formula is C42H67N11O19. The first-order chi connectivity index (χ1) is 33.6. The number of nitrogens with two attached hydrogens (primary N) is 2. The number of hydrogen-bond acceptors (Lipinski definition) is 16. The molecule has 18 N–H and O–H groups in total. The van der Waals surface area contributed by atoms with Crippen LogP contribution < -0.4 is 59.3 Å². The lowest BCUT2D eigenvalue weighted by Gasteiger charge is -2.27. The van der Waals surface area contributed by atoms with E-state index in [0.717, 1.165) is 6.92 Å². The maximum Gasteiger partial charge on any atom is 0.305 e. The van der Waals surface area contributed by atoms with E-state index in [1.165, 1.54) is 0 Å². The number of rotatable bonds is 15. The molecule has 0 radical (unpaired) electrons. The van der Waals surface area contributed by atoms with Crippen molar-refractivity contribution in [3.63, 3.8) is 0 Å². The highest BCUT2D eigenvalue weighted by Gasteiger charge is 2.36. The molecule has 9 atom stereocenters. The van der Waals surface area contributed by atoms with E-state index in [4.69, 9.17) is 11.5 Å². The number of nitrogens with one attached hydrogen (secondary N) is 9. The average molecular weight is 1030 g/mol. The molecule has 404 valence electrons. The van der Waals surface area contributed by atoms with Crippen LogP contribution in [-0.2, 0) is 67.1 Å². The number of carbonyl (C=O) groups is 14. The molecule has 0 aliphatic carbocycles. The largest absolute Gasteiger partial charge is 0.481 e. The number of primary amides is 1. The molecule has 10 amide bonds. The van der Waals surface area contributed by atoms with Gasteiger partial charge in [-0.25, -0.2) is 0 Å². The van der Waals surface area contributed by atoms with Crippen LogP contribution in [0.1, 0.15) is 104 Å². The summed E-state index contributed by atoms with van der Waals surface area (Å²) in [6.45, 7) is 3.44. The Hall–Kier alpha value is -7.50. The topological polar surface area (TPSA) is 500 Å². The first kappa shape index (κ1) is 62.5. The van der Waals surface area contributed by atoms with Gasteiger partial charge in [0, 0.05) is 32.2 Å². The molecule has 0 bridgehead atoms. The first-order valence-corrected chi connectivity index (χ1v) is 22.9. The predicted octanol–water partition coefficient (Wildman–Crippen LogP) is -6.11. The second-order valence-corrected chi connectivity index (χ2v) is 17.3. The lowest BCUT2D eigenvalue weighted by molar-refractivity contribution is -0.142. The molecule has 0 aromatic heterocycles. The fraction of sp³-hybridized carbons (Fsp3) is 0.667. The van der Waals surface area contributed by atoms with Crippen LogP contribution in [0.4, 0.5) is 0 Å². The SMILES string of the molecule is CC(C)C[C@@H]1NC(=O)[C@@H](N)CCCCNC(=O)CC[C@@H](C(N)=O)NC(=O)[C@H](CCC(=O)O)NC(=O)CNC(=O)[C@H]([C@@H](C)O)NC(=O)[C@H](CCC(=O)O)NC(=O)[C@H](CCC(=O)O)NC(=O)[C@H](CC(=O)O)NC1=O. The molecule has 0 saturated carbocycles. The van der Waals surface area contributed by atoms with Crippen LogP contribution >= 0.6 is 0 Å². The van der Waals surface area contributed by atoms with Gasteiger partial charge in [-0.15, -0.1) is 0 Å². The molecule has 1 rings (SSSR count). The van der Waals surface area contributed by atoms with Crippen LogP contribution in [0.15, 0.2) is 0 Å². The minimum Gasteiger partial charge on any atom is -0.481 e. The van der Waals surface area contributed by atoms with Crippen molar-refractivity contribution < 1.29 is 92.7 Å². The maximum atomic E-state index is 13.7. The molecule has 1 aliphatic rings. The molecule has 30 heteroatoms. The van der Waals surface area contributed by atoms with Gasteiger partial charge in [0.05, 0.1) is 25.1 Å². The molecule has 0 unspecified atom stereocenters. The van der Waals surface area contributed by atoms with Crippen LogP contribution in [0, 0.1) is 5.92 Å². The van der Waals surface area contributed by atoms with Crippen LogP contribution in [0.2, 0.25) is 0 Å². The van der Waals surface area contributed by atoms with Crippen molar-refractivity contribution in [2.45, 2.75) is 159 Å². The molecule has 72 heavy (non-hydrogen) atoms. The Morgan fingerprint density at radius 1 is 0.542 bits per heavy atom. The monoisotopic (exact) mass is 1030 g/mol. The van der Waals surface area contributed by atoms with E-state index in [2.05, 4.69) is 47.9 Å². The van der Waals surface area contributed by atoms with Crippen molar-refractivity contribution in [1.82, 2.24) is 47.9 Å². The van der Waals surface area contributed by atoms with Gasteiger partial charge in [-0.2, -0.15) is 0 Å². The van der Waals surface area contributed by atoms with Gasteiger partial charge < -0.3 is 84.9 Å². The first-order valence-electron chi connectivity index (χ1n) is 22.9. The number of amides is 10. The highest BCUT2D eigenvalue weighted by molar-refractivity contribution is 5.99. The van der Waals surface area contributed by atoms with E-state index < -0.39 is 189 Å². The third-order valence-electron chi connectivity index (χ3n) is 10.6. The van der Waals surface area contributed by atoms with Gasteiger partial charge in [-0.1, -0.05) is 13.8 Å². The van der Waals surface area contributed by atoms with Crippen LogP contribution in [-0.4, -0.2) is 176 Å². The zero-order valence-corrected chi connectivity index (χ0v) is 40.0. The molecule has 0 aromatic carbocycles. The van der Waals surface area contributed by atoms with Crippen molar-refractivity contribution in [3.8, 4) is 0 Å². The molecular weight excluding hydrogens is 963 g/mol. The van der Waals surface area contributed by atoms with E-state index in [0.29, 0.717) is 0 Å². The fourth-order valence-electron chi connectivity index (χ4n) is 6.74. The van der Waals surface area contributed by atoms with E-state index in [-0.39, 0.29) is 51.0 Å². The number of aliphatic carboxylic acids is 4. The highest BCUT2D eigenvalue weighted by Crippen LogP contribution is 2.11. The van der Waals surface area contributed by atoms with Gasteiger partial charge >= 0.3 is 23.9 Å². The minimum atomic E-state index is -1.98. The minimum absolute atomic E-state index is 0.0310. The van der Waals surface area contributed by atoms with E-state index >= 15 is 0 Å². The molecule has 1 heterocycles. The van der Waals surface area contributed by atoms with E-state index in [9.17, 15) is 92.7 Å². The molecule has 30 nitrogen and oxygen atoms in total. The summed E-state index contributed by atoms with van der Waals surface area (Å²) in [7, 11) is 0. The molecule has 1 aliphatic heterocycles. The maximum absolute atomic E-state index is 13.7. The lowest BCUT2D eigenvalue weighted by atomic mass is 10.0. The summed E-state index contributed by atoms with van der Waals surface area (Å²) >= 11 is 0. The smallest absolute Gasteiger partial charge is 0.305 e. The molecule has 0 aromatic rings. The van der Waals surface area contributed by atoms with Crippen LogP contribution in [0.25, 0.3) is 0 Å². The number of carboxylic acid groups (broad SMARTS) is 4. The Balaban J connectivity index is 3.72. The van der Waals surface area contributed by atoms with Crippen molar-refractivity contribution in [3.05, 3.63) is 0 Å². The summed E-state index contributed by atoms with van der Waals surface area (Å²) in [4.78, 5) is 179. The quantitative estimate of drug-likeness (QED) is 0.0726. The van der Waals surface area contributed by atoms with Gasteiger partial charge in [0.1, 0.15) is 42.3 Å². The Labute approximate surface area is 412 Å². The lowest BCUT2D eigenvalue weighted by Crippen LogP contribution is -2.61. The fourth-order valence-corrected chi connectivity index (χ4v) is 6.74. The van der Waals surface area contributed by atoms with Gasteiger partial charge in [0.25, 0.3) is 0 Å². The molecule has 1 saturated heterocycles. The third kappa shape index (κ3) is 24.9. The van der Waals surface area contributed by atoms with Crippen LogP contribution in [0.5, 0.6) is 0 Å². The van der Waals surface area contributed by atoms with Crippen molar-refractivity contribution >= 4 is 82.9 Å². The normalized spacial score (nSPS) is 25.3. The molecule has 0 spiro atoms. The van der Waals surface area contributed by atoms with Gasteiger partial charge in [-0.3, -0.25) is 67.1 Å². The Kier molecular flexibility index (Phi) is 27.5.